The van der Waals surface area contributed by atoms with Gasteiger partial charge in [0.2, 0.25) is 0 Å². The smallest absolute Gasteiger partial charge is 0.270 e. The molecule has 0 spiro atoms. The van der Waals surface area contributed by atoms with Gasteiger partial charge >= 0.3 is 0 Å². The first-order chi connectivity index (χ1) is 16.8. The van der Waals surface area contributed by atoms with E-state index in [1.54, 1.807) is 37.4 Å². The maximum absolute atomic E-state index is 14.0. The van der Waals surface area contributed by atoms with E-state index in [0.717, 1.165) is 11.6 Å². The number of pyridine rings is 2. The Morgan fingerprint density at radius 2 is 1.74 bits per heavy atom. The van der Waals surface area contributed by atoms with E-state index in [1.165, 1.54) is 12.1 Å². The lowest BCUT2D eigenvalue weighted by atomic mass is 9.96. The number of nitrogen functional groups attached to an aromatic ring is 1. The predicted octanol–water partition coefficient (Wildman–Crippen LogP) is 4.44. The standard InChI is InChI=1S/C28H23FN4O2/c1-17-3-8-21(9-4-17)27(23-15-22(29)10-11-25(23)34)33-28(35)24-14-20(13-18(2)32-24)6-5-19-7-12-26(30)31-16-19/h3-4,7-16,27,34H,1-2H3,(H2,30,31)(H,33,35). The average Bonchev–Trinajstić information content (AvgIpc) is 2.84. The number of benzene rings is 2. The lowest BCUT2D eigenvalue weighted by molar-refractivity contribution is 0.0937. The van der Waals surface area contributed by atoms with Gasteiger partial charge in [-0.25, -0.2) is 14.4 Å². The molecule has 0 aliphatic carbocycles. The summed E-state index contributed by atoms with van der Waals surface area (Å²) in [5.41, 5.74) is 9.60. The number of nitrogens with two attached hydrogens (primary N) is 1. The number of anilines is 1. The van der Waals surface area contributed by atoms with Crippen molar-refractivity contribution < 1.29 is 14.3 Å². The molecule has 1 amide bonds. The Bertz CT molecular complexity index is 1440. The molecule has 174 valence electrons. The van der Waals surface area contributed by atoms with Crippen molar-refractivity contribution in [2.75, 3.05) is 5.73 Å². The molecule has 0 aliphatic rings. The van der Waals surface area contributed by atoms with E-state index in [2.05, 4.69) is 27.1 Å². The maximum atomic E-state index is 14.0. The molecular formula is C28H23FN4O2. The zero-order valence-electron chi connectivity index (χ0n) is 19.2. The molecule has 0 aliphatic heterocycles. The molecule has 1 atom stereocenters. The minimum absolute atomic E-state index is 0.127. The Morgan fingerprint density at radius 1 is 1.00 bits per heavy atom. The highest BCUT2D eigenvalue weighted by Crippen LogP contribution is 2.30. The molecule has 6 nitrogen and oxygen atoms in total. The van der Waals surface area contributed by atoms with Gasteiger partial charge < -0.3 is 16.2 Å². The zero-order valence-corrected chi connectivity index (χ0v) is 19.2. The molecule has 0 radical (unpaired) electrons. The molecule has 0 bridgehead atoms. The molecule has 35 heavy (non-hydrogen) atoms. The third kappa shape index (κ3) is 5.81. The quantitative estimate of drug-likeness (QED) is 0.386. The van der Waals surface area contributed by atoms with E-state index in [1.807, 2.05) is 31.2 Å². The first kappa shape index (κ1) is 23.5. The molecule has 7 heteroatoms. The van der Waals surface area contributed by atoms with Crippen LogP contribution in [0.1, 0.15) is 50.0 Å². The molecule has 1 unspecified atom stereocenters. The summed E-state index contributed by atoms with van der Waals surface area (Å²) in [6.07, 6.45) is 1.57. The minimum Gasteiger partial charge on any atom is -0.508 e. The number of rotatable bonds is 4. The van der Waals surface area contributed by atoms with Crippen LogP contribution in [0.2, 0.25) is 0 Å². The second kappa shape index (κ2) is 10.1. The van der Waals surface area contributed by atoms with Gasteiger partial charge in [-0.3, -0.25) is 4.79 Å². The van der Waals surface area contributed by atoms with Gasteiger partial charge in [0, 0.05) is 28.6 Å². The van der Waals surface area contributed by atoms with Crippen molar-refractivity contribution in [3.05, 3.63) is 118 Å². The number of halogens is 1. The van der Waals surface area contributed by atoms with E-state index in [-0.39, 0.29) is 17.0 Å². The summed E-state index contributed by atoms with van der Waals surface area (Å²) in [6.45, 7) is 3.71. The number of hydrogen-bond acceptors (Lipinski definition) is 5. The van der Waals surface area contributed by atoms with Crippen LogP contribution in [0.15, 0.2) is 72.9 Å². The lowest BCUT2D eigenvalue weighted by Gasteiger charge is -2.21. The Kier molecular flexibility index (Phi) is 6.74. The van der Waals surface area contributed by atoms with Gasteiger partial charge in [-0.05, 0) is 61.9 Å². The highest BCUT2D eigenvalue weighted by molar-refractivity contribution is 5.93. The normalized spacial score (nSPS) is 11.3. The molecule has 4 aromatic rings. The van der Waals surface area contributed by atoms with Crippen LogP contribution in [0.5, 0.6) is 5.75 Å². The zero-order chi connectivity index (χ0) is 24.9. The number of phenols is 1. The predicted molar refractivity (Wildman–Crippen MR) is 132 cm³/mol. The molecule has 4 N–H and O–H groups in total. The molecule has 2 heterocycles. The van der Waals surface area contributed by atoms with Crippen molar-refractivity contribution in [2.24, 2.45) is 0 Å². The SMILES string of the molecule is Cc1ccc(C(NC(=O)c2cc(C#Cc3ccc(N)nc3)cc(C)n2)c2cc(F)ccc2O)cc1. The van der Waals surface area contributed by atoms with Crippen LogP contribution < -0.4 is 11.1 Å². The summed E-state index contributed by atoms with van der Waals surface area (Å²) < 4.78 is 14.0. The van der Waals surface area contributed by atoms with Gasteiger partial charge in [0.1, 0.15) is 23.1 Å². The summed E-state index contributed by atoms with van der Waals surface area (Å²) in [5, 5.41) is 13.3. The number of nitrogens with one attached hydrogen (secondary N) is 1. The van der Waals surface area contributed by atoms with Crippen molar-refractivity contribution in [1.82, 2.24) is 15.3 Å². The number of aryl methyl sites for hydroxylation is 2. The van der Waals surface area contributed by atoms with Gasteiger partial charge in [-0.2, -0.15) is 0 Å². The summed E-state index contributed by atoms with van der Waals surface area (Å²) in [7, 11) is 0. The molecular weight excluding hydrogens is 443 g/mol. The fraction of sp³-hybridized carbons (Fsp3) is 0.107. The van der Waals surface area contributed by atoms with Crippen LogP contribution in [0.3, 0.4) is 0 Å². The molecule has 0 fully saturated rings. The average molecular weight is 467 g/mol. The Balaban J connectivity index is 1.67. The number of amides is 1. The third-order valence-electron chi connectivity index (χ3n) is 5.31. The number of carbonyl (C=O) groups is 1. The van der Waals surface area contributed by atoms with E-state index >= 15 is 0 Å². The van der Waals surface area contributed by atoms with Crippen LogP contribution in [0.4, 0.5) is 10.2 Å². The second-order valence-electron chi connectivity index (χ2n) is 8.12. The van der Waals surface area contributed by atoms with E-state index in [4.69, 9.17) is 5.73 Å². The van der Waals surface area contributed by atoms with Crippen LogP contribution in [0.25, 0.3) is 0 Å². The van der Waals surface area contributed by atoms with Crippen LogP contribution in [0, 0.1) is 31.5 Å². The van der Waals surface area contributed by atoms with Crippen LogP contribution >= 0.6 is 0 Å². The van der Waals surface area contributed by atoms with E-state index in [0.29, 0.717) is 28.2 Å². The molecule has 0 saturated heterocycles. The van der Waals surface area contributed by atoms with Crippen molar-refractivity contribution in [2.45, 2.75) is 19.9 Å². The second-order valence-corrected chi connectivity index (χ2v) is 8.12. The summed E-state index contributed by atoms with van der Waals surface area (Å²) in [5.74, 6) is 5.28. The van der Waals surface area contributed by atoms with Gasteiger partial charge in [0.05, 0.1) is 6.04 Å². The van der Waals surface area contributed by atoms with Crippen molar-refractivity contribution in [3.63, 3.8) is 0 Å². The van der Waals surface area contributed by atoms with Gasteiger partial charge in [0.15, 0.2) is 0 Å². The number of nitrogens with zero attached hydrogens (tertiary/aromatic N) is 2. The Hall–Kier alpha value is -4.70. The third-order valence-corrected chi connectivity index (χ3v) is 5.31. The number of aromatic nitrogens is 2. The first-order valence-corrected chi connectivity index (χ1v) is 10.9. The Morgan fingerprint density at radius 3 is 2.46 bits per heavy atom. The minimum atomic E-state index is -0.795. The number of hydrogen-bond donors (Lipinski definition) is 3. The fourth-order valence-electron chi connectivity index (χ4n) is 3.54. The van der Waals surface area contributed by atoms with E-state index < -0.39 is 17.8 Å². The van der Waals surface area contributed by atoms with E-state index in [9.17, 15) is 14.3 Å². The maximum Gasteiger partial charge on any atom is 0.270 e. The van der Waals surface area contributed by atoms with Gasteiger partial charge in [-0.15, -0.1) is 0 Å². The highest BCUT2D eigenvalue weighted by atomic mass is 19.1. The van der Waals surface area contributed by atoms with Crippen molar-refractivity contribution in [3.8, 4) is 17.6 Å². The fourth-order valence-corrected chi connectivity index (χ4v) is 3.54. The van der Waals surface area contributed by atoms with Crippen LogP contribution in [-0.4, -0.2) is 21.0 Å². The summed E-state index contributed by atoms with van der Waals surface area (Å²) >= 11 is 0. The van der Waals surface area contributed by atoms with Crippen molar-refractivity contribution in [1.29, 1.82) is 0 Å². The summed E-state index contributed by atoms with van der Waals surface area (Å²) in [6, 6.07) is 17.0. The topological polar surface area (TPSA) is 101 Å². The van der Waals surface area contributed by atoms with Gasteiger partial charge in [0.25, 0.3) is 5.91 Å². The first-order valence-electron chi connectivity index (χ1n) is 10.9. The van der Waals surface area contributed by atoms with Crippen LogP contribution in [-0.2, 0) is 0 Å². The summed E-state index contributed by atoms with van der Waals surface area (Å²) in [4.78, 5) is 21.6. The molecule has 2 aromatic heterocycles. The number of phenolic OH excluding ortho intramolecular Hbond substituents is 1. The van der Waals surface area contributed by atoms with Gasteiger partial charge in [-0.1, -0.05) is 41.7 Å². The Labute approximate surface area is 202 Å². The molecule has 4 rings (SSSR count). The number of carbonyl (C=O) groups excluding carboxylic acids is 1. The molecule has 2 aromatic carbocycles. The molecule has 0 saturated carbocycles. The monoisotopic (exact) mass is 466 g/mol. The highest BCUT2D eigenvalue weighted by Gasteiger charge is 2.22. The lowest BCUT2D eigenvalue weighted by Crippen LogP contribution is -2.30. The number of aromatic hydroxyl groups is 1. The largest absolute Gasteiger partial charge is 0.508 e. The van der Waals surface area contributed by atoms with Crippen molar-refractivity contribution >= 4 is 11.7 Å².